The van der Waals surface area contributed by atoms with Gasteiger partial charge in [0.25, 0.3) is 0 Å². The van der Waals surface area contributed by atoms with Gasteiger partial charge < -0.3 is 10.0 Å². The van der Waals surface area contributed by atoms with Crippen LogP contribution in [0, 0.1) is 5.21 Å². The molecule has 0 aliphatic heterocycles. The van der Waals surface area contributed by atoms with Crippen LogP contribution in [0.2, 0.25) is 0 Å². The Balaban J connectivity index is 2.33. The summed E-state index contributed by atoms with van der Waals surface area (Å²) in [4.78, 5) is 8.97. The maximum Gasteiger partial charge on any atom is 0.226 e. The van der Waals surface area contributed by atoms with Crippen LogP contribution >= 0.6 is 27.3 Å². The van der Waals surface area contributed by atoms with E-state index in [-0.39, 0.29) is 0 Å². The molecule has 0 radical (unpaired) electrons. The Bertz CT molecular complexity index is 800. The summed E-state index contributed by atoms with van der Waals surface area (Å²) in [6, 6.07) is 5.61. The lowest BCUT2D eigenvalue weighted by Gasteiger charge is -2.02. The summed E-state index contributed by atoms with van der Waals surface area (Å²) < 4.78 is 2.67. The average molecular weight is 338 g/mol. The van der Waals surface area contributed by atoms with Crippen molar-refractivity contribution in [1.29, 1.82) is 0 Å². The molecule has 0 saturated carbocycles. The summed E-state index contributed by atoms with van der Waals surface area (Å²) >= 11 is 4.84. The predicted octanol–water partition coefficient (Wildman–Crippen LogP) is 2.83. The summed E-state index contributed by atoms with van der Waals surface area (Å²) in [6.07, 6.45) is 3.01. The third-order valence-corrected chi connectivity index (χ3v) is 4.15. The monoisotopic (exact) mass is 337 g/mol. The van der Waals surface area contributed by atoms with Crippen molar-refractivity contribution in [3.8, 4) is 0 Å². The van der Waals surface area contributed by atoms with Crippen LogP contribution in [0.1, 0.15) is 5.01 Å². The number of oxime groups is 1. The quantitative estimate of drug-likeness (QED) is 0.312. The number of thiazole rings is 1. The van der Waals surface area contributed by atoms with Gasteiger partial charge in [0.15, 0.2) is 0 Å². The number of pyridine rings is 1. The van der Waals surface area contributed by atoms with Crippen molar-refractivity contribution >= 4 is 54.6 Å². The summed E-state index contributed by atoms with van der Waals surface area (Å²) in [7, 11) is 1.47. The van der Waals surface area contributed by atoms with Crippen LogP contribution in [0.4, 0.5) is 0 Å². The lowest BCUT2D eigenvalue weighted by molar-refractivity contribution is -0.575. The Kier molecular flexibility index (Phi) is 3.08. The molecule has 0 aliphatic rings. The first-order chi connectivity index (χ1) is 9.19. The minimum Gasteiger partial charge on any atom is -0.618 e. The second-order valence-electron chi connectivity index (χ2n) is 3.80. The Morgan fingerprint density at radius 2 is 2.37 bits per heavy atom. The lowest BCUT2D eigenvalue weighted by Crippen LogP contribution is -2.26. The zero-order valence-corrected chi connectivity index (χ0v) is 12.2. The number of halogens is 1. The number of rotatable bonds is 2. The maximum atomic E-state index is 12.0. The van der Waals surface area contributed by atoms with E-state index >= 15 is 0 Å². The molecule has 3 aromatic rings. The average Bonchev–Trinajstić information content (AvgIpc) is 2.79. The van der Waals surface area contributed by atoms with E-state index in [9.17, 15) is 5.21 Å². The van der Waals surface area contributed by atoms with Crippen LogP contribution < -0.4 is 4.73 Å². The normalized spacial score (nSPS) is 11.7. The topological polar surface area (TPSA) is 61.4 Å². The second kappa shape index (κ2) is 4.75. The zero-order chi connectivity index (χ0) is 13.4. The highest BCUT2D eigenvalue weighted by Crippen LogP contribution is 2.29. The SMILES string of the molecule is CO/N=C/c1nc2c[n+]([O-])c3cc(Br)ccc3c2s1. The highest BCUT2D eigenvalue weighted by molar-refractivity contribution is 9.10. The molecule has 0 aliphatic carbocycles. The summed E-state index contributed by atoms with van der Waals surface area (Å²) in [6.45, 7) is 0. The Morgan fingerprint density at radius 1 is 1.53 bits per heavy atom. The predicted molar refractivity (Wildman–Crippen MR) is 78.4 cm³/mol. The first kappa shape index (κ1) is 12.3. The number of hydrogen-bond acceptors (Lipinski definition) is 5. The van der Waals surface area contributed by atoms with Crippen LogP contribution in [0.25, 0.3) is 21.1 Å². The third-order valence-electron chi connectivity index (χ3n) is 2.62. The van der Waals surface area contributed by atoms with Gasteiger partial charge in [0, 0.05) is 10.5 Å². The van der Waals surface area contributed by atoms with Gasteiger partial charge >= 0.3 is 0 Å². The van der Waals surface area contributed by atoms with E-state index in [4.69, 9.17) is 0 Å². The zero-order valence-electron chi connectivity index (χ0n) is 9.83. The van der Waals surface area contributed by atoms with E-state index in [1.807, 2.05) is 12.1 Å². The molecule has 3 rings (SSSR count). The molecule has 0 bridgehead atoms. The standard InChI is InChI=1S/C12H8BrN3O2S/c1-18-14-5-11-15-9-6-16(17)10-4-7(13)2-3-8(10)12(9)19-11/h2-6H,1H3/b14-5+. The second-order valence-corrected chi connectivity index (χ2v) is 5.75. The maximum absolute atomic E-state index is 12.0. The molecule has 0 atom stereocenters. The van der Waals surface area contributed by atoms with Gasteiger partial charge in [0.05, 0.1) is 10.1 Å². The molecule has 2 heterocycles. The lowest BCUT2D eigenvalue weighted by atomic mass is 10.2. The van der Waals surface area contributed by atoms with Gasteiger partial charge in [-0.25, -0.2) is 4.98 Å². The van der Waals surface area contributed by atoms with Gasteiger partial charge in [0.1, 0.15) is 23.8 Å². The van der Waals surface area contributed by atoms with Crippen molar-refractivity contribution < 1.29 is 9.57 Å². The van der Waals surface area contributed by atoms with Gasteiger partial charge in [-0.05, 0) is 12.1 Å². The van der Waals surface area contributed by atoms with Gasteiger partial charge in [0.2, 0.25) is 11.7 Å². The van der Waals surface area contributed by atoms with Crippen molar-refractivity contribution in [2.45, 2.75) is 0 Å². The molecule has 0 unspecified atom stereocenters. The number of hydrogen-bond donors (Lipinski definition) is 0. The fourth-order valence-corrected chi connectivity index (χ4v) is 3.13. The van der Waals surface area contributed by atoms with E-state index in [0.717, 1.165) is 19.3 Å². The highest BCUT2D eigenvalue weighted by Gasteiger charge is 2.14. The summed E-state index contributed by atoms with van der Waals surface area (Å²) in [5.74, 6) is 0. The molecule has 19 heavy (non-hydrogen) atoms. The molecule has 2 aromatic heterocycles. The van der Waals surface area contributed by atoms with Gasteiger partial charge in [-0.1, -0.05) is 21.1 Å². The van der Waals surface area contributed by atoms with E-state index in [1.165, 1.54) is 30.9 Å². The van der Waals surface area contributed by atoms with Crippen molar-refractivity contribution in [2.24, 2.45) is 5.16 Å². The van der Waals surface area contributed by atoms with Crippen LogP contribution in [0.5, 0.6) is 0 Å². The molecular weight excluding hydrogens is 330 g/mol. The number of fused-ring (bicyclic) bond motifs is 3. The van der Waals surface area contributed by atoms with Crippen molar-refractivity contribution in [3.63, 3.8) is 0 Å². The Morgan fingerprint density at radius 3 is 3.16 bits per heavy atom. The Labute approximate surface area is 120 Å². The van der Waals surface area contributed by atoms with Crippen LogP contribution in [0.3, 0.4) is 0 Å². The molecule has 0 amide bonds. The first-order valence-corrected chi connectivity index (χ1v) is 6.98. The molecule has 96 valence electrons. The van der Waals surface area contributed by atoms with Crippen LogP contribution in [-0.4, -0.2) is 18.3 Å². The largest absolute Gasteiger partial charge is 0.618 e. The summed E-state index contributed by atoms with van der Waals surface area (Å²) in [5.41, 5.74) is 1.27. The van der Waals surface area contributed by atoms with E-state index < -0.39 is 0 Å². The van der Waals surface area contributed by atoms with Crippen molar-refractivity contribution in [3.05, 3.63) is 39.1 Å². The van der Waals surface area contributed by atoms with Gasteiger partial charge in [-0.3, -0.25) is 0 Å². The fourth-order valence-electron chi connectivity index (χ4n) is 1.84. The van der Waals surface area contributed by atoms with Crippen LogP contribution in [-0.2, 0) is 4.84 Å². The van der Waals surface area contributed by atoms with Gasteiger partial charge in [-0.2, -0.15) is 4.73 Å². The molecule has 0 saturated heterocycles. The number of aromatic nitrogens is 2. The molecule has 0 fully saturated rings. The number of nitrogens with zero attached hydrogens (tertiary/aromatic N) is 3. The molecular formula is C12H8BrN3O2S. The summed E-state index contributed by atoms with van der Waals surface area (Å²) in [5, 5.41) is 17.2. The fraction of sp³-hybridized carbons (Fsp3) is 0.0833. The van der Waals surface area contributed by atoms with Crippen LogP contribution in [0.15, 0.2) is 34.0 Å². The molecule has 1 aromatic carbocycles. The molecule has 5 nitrogen and oxygen atoms in total. The minimum atomic E-state index is 0.612. The minimum absolute atomic E-state index is 0.612. The molecule has 0 spiro atoms. The molecule has 0 N–H and O–H groups in total. The number of benzene rings is 1. The first-order valence-electron chi connectivity index (χ1n) is 5.37. The van der Waals surface area contributed by atoms with Crippen molar-refractivity contribution in [1.82, 2.24) is 4.98 Å². The molecule has 7 heteroatoms. The highest BCUT2D eigenvalue weighted by atomic mass is 79.9. The van der Waals surface area contributed by atoms with E-state index in [2.05, 4.69) is 30.9 Å². The van der Waals surface area contributed by atoms with E-state index in [1.54, 1.807) is 6.07 Å². The Hall–Kier alpha value is -1.73. The van der Waals surface area contributed by atoms with Crippen molar-refractivity contribution in [2.75, 3.05) is 7.11 Å². The van der Waals surface area contributed by atoms with Gasteiger partial charge in [-0.15, -0.1) is 11.3 Å². The third kappa shape index (κ3) is 2.15. The van der Waals surface area contributed by atoms with E-state index in [0.29, 0.717) is 16.0 Å². The smallest absolute Gasteiger partial charge is 0.226 e.